The quantitative estimate of drug-likeness (QED) is 0.562. The molecule has 0 saturated carbocycles. The lowest BCUT2D eigenvalue weighted by molar-refractivity contribution is -0.146. The van der Waals surface area contributed by atoms with Gasteiger partial charge in [-0.2, -0.15) is 0 Å². The predicted octanol–water partition coefficient (Wildman–Crippen LogP) is 1.82. The number of sulfone groups is 1. The maximum Gasteiger partial charge on any atom is 0.329 e. The number of benzene rings is 1. The molecule has 1 rings (SSSR count). The van der Waals surface area contributed by atoms with Gasteiger partial charge in [-0.15, -0.1) is 24.7 Å². The molecule has 122 valence electrons. The summed E-state index contributed by atoms with van der Waals surface area (Å²) < 4.78 is 34.0. The summed E-state index contributed by atoms with van der Waals surface area (Å²) in [6, 6.07) is 5.65. The molecule has 1 aromatic rings. The molecule has 0 saturated heterocycles. The molecule has 0 bridgehead atoms. The predicted molar refractivity (Wildman–Crippen MR) is 86.4 cm³/mol. The number of terminal acetylenes is 2. The van der Waals surface area contributed by atoms with Crippen molar-refractivity contribution in [3.05, 3.63) is 24.3 Å². The van der Waals surface area contributed by atoms with Crippen molar-refractivity contribution in [1.29, 1.82) is 0 Å². The fraction of sp³-hybridized carbons (Fsp3) is 0.353. The molecule has 0 heterocycles. The Balaban J connectivity index is 3.51. The van der Waals surface area contributed by atoms with Gasteiger partial charge in [0.25, 0.3) is 0 Å². The van der Waals surface area contributed by atoms with Gasteiger partial charge in [-0.25, -0.2) is 8.42 Å². The van der Waals surface area contributed by atoms with Crippen molar-refractivity contribution in [2.45, 2.75) is 29.4 Å². The molecule has 0 spiro atoms. The van der Waals surface area contributed by atoms with Gasteiger partial charge in [0, 0.05) is 12.8 Å². The van der Waals surface area contributed by atoms with E-state index < -0.39 is 20.6 Å². The zero-order valence-corrected chi connectivity index (χ0v) is 13.9. The van der Waals surface area contributed by atoms with Crippen LogP contribution in [-0.2, 0) is 19.4 Å². The molecule has 0 unspecified atom stereocenters. The Morgan fingerprint density at radius 3 is 2.09 bits per heavy atom. The summed E-state index contributed by atoms with van der Waals surface area (Å²) in [5.74, 6) is 4.01. The van der Waals surface area contributed by atoms with Crippen LogP contribution in [0.15, 0.2) is 29.2 Å². The Morgan fingerprint density at radius 2 is 1.70 bits per heavy atom. The second-order valence-corrected chi connectivity index (χ2v) is 6.92. The molecule has 0 aromatic heterocycles. The molecule has 0 aliphatic heterocycles. The van der Waals surface area contributed by atoms with Crippen LogP contribution < -0.4 is 4.74 Å². The third-order valence-electron chi connectivity index (χ3n) is 3.31. The second-order valence-electron chi connectivity index (χ2n) is 4.66. The van der Waals surface area contributed by atoms with Crippen molar-refractivity contribution in [3.63, 3.8) is 0 Å². The molecule has 0 atom stereocenters. The highest BCUT2D eigenvalue weighted by atomic mass is 32.2. The van der Waals surface area contributed by atoms with E-state index in [2.05, 4.69) is 11.8 Å². The lowest BCUT2D eigenvalue weighted by atomic mass is 10.0. The normalized spacial score (nSPS) is 11.1. The van der Waals surface area contributed by atoms with Crippen LogP contribution in [-0.4, -0.2) is 32.9 Å². The SMILES string of the molecule is C#CCC(CC#C)(C(=O)OCC)S(=O)(=O)c1ccc(OC)cc1. The Kier molecular flexibility index (Phi) is 6.24. The number of ether oxygens (including phenoxy) is 2. The second kappa shape index (κ2) is 7.71. The van der Waals surface area contributed by atoms with Gasteiger partial charge in [-0.3, -0.25) is 4.79 Å². The van der Waals surface area contributed by atoms with Crippen LogP contribution in [0.1, 0.15) is 19.8 Å². The fourth-order valence-corrected chi connectivity index (χ4v) is 3.85. The molecular weight excluding hydrogens is 316 g/mol. The maximum atomic E-state index is 13.0. The number of rotatable bonds is 7. The lowest BCUT2D eigenvalue weighted by Crippen LogP contribution is -2.47. The first-order valence-electron chi connectivity index (χ1n) is 6.82. The van der Waals surface area contributed by atoms with Crippen molar-refractivity contribution in [2.75, 3.05) is 13.7 Å². The van der Waals surface area contributed by atoms with Crippen LogP contribution in [0.2, 0.25) is 0 Å². The molecule has 0 N–H and O–H groups in total. The summed E-state index contributed by atoms with van der Waals surface area (Å²) in [5.41, 5.74) is 0. The maximum absolute atomic E-state index is 13.0. The summed E-state index contributed by atoms with van der Waals surface area (Å²) >= 11 is 0. The van der Waals surface area contributed by atoms with Crippen LogP contribution in [0.4, 0.5) is 0 Å². The average molecular weight is 334 g/mol. The number of methoxy groups -OCH3 is 1. The largest absolute Gasteiger partial charge is 0.497 e. The van der Waals surface area contributed by atoms with Crippen molar-refractivity contribution in [3.8, 4) is 30.4 Å². The minimum absolute atomic E-state index is 0.0217. The zero-order valence-electron chi connectivity index (χ0n) is 13.0. The van der Waals surface area contributed by atoms with Crippen molar-refractivity contribution in [1.82, 2.24) is 0 Å². The van der Waals surface area contributed by atoms with Crippen molar-refractivity contribution >= 4 is 15.8 Å². The van der Waals surface area contributed by atoms with Crippen LogP contribution in [0.5, 0.6) is 5.75 Å². The number of carbonyl (C=O) groups excluding carboxylic acids is 1. The van der Waals surface area contributed by atoms with Gasteiger partial charge in [-0.05, 0) is 31.2 Å². The molecule has 0 amide bonds. The lowest BCUT2D eigenvalue weighted by Gasteiger charge is -2.27. The Bertz CT molecular complexity index is 717. The number of esters is 1. The molecule has 0 aliphatic carbocycles. The van der Waals surface area contributed by atoms with E-state index in [9.17, 15) is 13.2 Å². The highest BCUT2D eigenvalue weighted by Crippen LogP contribution is 2.34. The first kappa shape index (κ1) is 18.6. The molecule has 5 nitrogen and oxygen atoms in total. The van der Waals surface area contributed by atoms with E-state index in [0.717, 1.165) is 0 Å². The average Bonchev–Trinajstić information content (AvgIpc) is 2.54. The molecule has 0 radical (unpaired) electrons. The summed E-state index contributed by atoms with van der Waals surface area (Å²) in [4.78, 5) is 12.3. The van der Waals surface area contributed by atoms with E-state index in [-0.39, 0.29) is 24.3 Å². The summed E-state index contributed by atoms with van der Waals surface area (Å²) in [7, 11) is -2.69. The summed E-state index contributed by atoms with van der Waals surface area (Å²) in [6.07, 6.45) is 9.84. The van der Waals surface area contributed by atoms with Gasteiger partial charge in [0.05, 0.1) is 18.6 Å². The fourth-order valence-electron chi connectivity index (χ4n) is 2.08. The number of hydrogen-bond acceptors (Lipinski definition) is 5. The third kappa shape index (κ3) is 3.49. The molecule has 23 heavy (non-hydrogen) atoms. The molecular formula is C17H18O5S. The molecule has 0 fully saturated rings. The minimum Gasteiger partial charge on any atom is -0.497 e. The molecule has 0 aliphatic rings. The van der Waals surface area contributed by atoms with E-state index in [1.165, 1.54) is 31.4 Å². The van der Waals surface area contributed by atoms with E-state index in [0.29, 0.717) is 5.75 Å². The zero-order chi connectivity index (χ0) is 17.5. The van der Waals surface area contributed by atoms with Gasteiger partial charge in [-0.1, -0.05) is 0 Å². The number of hydrogen-bond donors (Lipinski definition) is 0. The monoisotopic (exact) mass is 334 g/mol. The Hall–Kier alpha value is -2.44. The third-order valence-corrected chi connectivity index (χ3v) is 5.68. The Morgan fingerprint density at radius 1 is 1.17 bits per heavy atom. The number of carbonyl (C=O) groups is 1. The van der Waals surface area contributed by atoms with Crippen molar-refractivity contribution < 1.29 is 22.7 Å². The molecule has 6 heteroatoms. The van der Waals surface area contributed by atoms with Crippen LogP contribution in [0.25, 0.3) is 0 Å². The van der Waals surface area contributed by atoms with Gasteiger partial charge < -0.3 is 9.47 Å². The van der Waals surface area contributed by atoms with Gasteiger partial charge in [0.1, 0.15) is 5.75 Å². The van der Waals surface area contributed by atoms with E-state index in [1.54, 1.807) is 6.92 Å². The van der Waals surface area contributed by atoms with Gasteiger partial charge in [0.15, 0.2) is 14.6 Å². The van der Waals surface area contributed by atoms with Gasteiger partial charge in [0.2, 0.25) is 0 Å². The van der Waals surface area contributed by atoms with Crippen LogP contribution in [0, 0.1) is 24.7 Å². The van der Waals surface area contributed by atoms with Crippen LogP contribution in [0.3, 0.4) is 0 Å². The first-order valence-corrected chi connectivity index (χ1v) is 8.30. The van der Waals surface area contributed by atoms with E-state index in [4.69, 9.17) is 22.3 Å². The smallest absolute Gasteiger partial charge is 0.329 e. The van der Waals surface area contributed by atoms with E-state index in [1.807, 2.05) is 0 Å². The minimum atomic E-state index is -4.15. The molecule has 1 aromatic carbocycles. The topological polar surface area (TPSA) is 69.7 Å². The highest BCUT2D eigenvalue weighted by molar-refractivity contribution is 7.93. The summed E-state index contributed by atoms with van der Waals surface area (Å²) in [5, 5.41) is 0. The van der Waals surface area contributed by atoms with Gasteiger partial charge >= 0.3 is 5.97 Å². The Labute approximate surface area is 136 Å². The van der Waals surface area contributed by atoms with Crippen LogP contribution >= 0.6 is 0 Å². The standard InChI is InChI=1S/C17H18O5S/c1-5-12-17(13-6-2,16(18)22-7-3)23(19,20)15-10-8-14(21-4)9-11-15/h1-2,8-11H,7,12-13H2,3-4H3. The van der Waals surface area contributed by atoms with E-state index >= 15 is 0 Å². The first-order chi connectivity index (χ1) is 10.9. The summed E-state index contributed by atoms with van der Waals surface area (Å²) in [6.45, 7) is 1.60. The highest BCUT2D eigenvalue weighted by Gasteiger charge is 2.51. The van der Waals surface area contributed by atoms with Crippen molar-refractivity contribution in [2.24, 2.45) is 0 Å².